The number of hydrogen-bond acceptors (Lipinski definition) is 24. The van der Waals surface area contributed by atoms with Crippen molar-refractivity contribution in [2.24, 2.45) is 5.41 Å². The average molecular weight is 1180 g/mol. The summed E-state index contributed by atoms with van der Waals surface area (Å²) >= 11 is 1.13. The molecule has 0 aliphatic carbocycles. The quantitative estimate of drug-likeness (QED) is 0.0127. The van der Waals surface area contributed by atoms with Crippen LogP contribution in [0.25, 0.3) is 22.2 Å². The van der Waals surface area contributed by atoms with E-state index in [1.807, 2.05) is 0 Å². The molecule has 3 unspecified atom stereocenters. The fourth-order valence-electron chi connectivity index (χ4n) is 8.07. The third kappa shape index (κ3) is 20.5. The molecule has 1 saturated heterocycles. The topological polar surface area (TPSA) is 458 Å². The number of nitrogens with one attached hydrogen (secondary N) is 3. The van der Waals surface area contributed by atoms with E-state index in [9.17, 15) is 68.0 Å². The van der Waals surface area contributed by atoms with Crippen LogP contribution in [0.2, 0.25) is 0 Å². The van der Waals surface area contributed by atoms with Crippen LogP contribution in [0.3, 0.4) is 0 Å². The lowest BCUT2D eigenvalue weighted by Crippen LogP contribution is -2.46. The summed E-state index contributed by atoms with van der Waals surface area (Å²) in [6.45, 7) is 1.20. The Bertz CT molecular complexity index is 2770. The number of anilines is 2. The number of nitrogens with zero attached hydrogens (tertiary/aromatic N) is 7. The lowest BCUT2D eigenvalue weighted by molar-refractivity contribution is -0.383. The van der Waals surface area contributed by atoms with Crippen molar-refractivity contribution in [3.8, 4) is 0 Å². The van der Waals surface area contributed by atoms with Crippen molar-refractivity contribution in [1.29, 1.82) is 0 Å². The third-order valence-electron chi connectivity index (χ3n) is 12.2. The minimum atomic E-state index is -5.59. The van der Waals surface area contributed by atoms with Crippen molar-refractivity contribution >= 4 is 91.5 Å². The predicted octanol–water partition coefficient (Wildman–Crippen LogP) is 4.68. The number of nitrogens with two attached hydrogens (primary N) is 1. The Morgan fingerprint density at radius 1 is 0.846 bits per heavy atom. The van der Waals surface area contributed by atoms with Gasteiger partial charge in [-0.05, 0) is 29.2 Å². The second kappa shape index (κ2) is 30.3. The number of non-ortho nitro benzene ring substituents is 1. The molecule has 2 amide bonds. The first-order valence-electron chi connectivity index (χ1n) is 25.1. The van der Waals surface area contributed by atoms with Crippen LogP contribution in [0, 0.1) is 15.5 Å². The maximum absolute atomic E-state index is 12.8. The number of unbranched alkanes of at least 4 members (excludes halogenated alkanes) is 12. The molecule has 1 aromatic carbocycles. The van der Waals surface area contributed by atoms with Gasteiger partial charge in [-0.3, -0.25) is 42.6 Å². The molecule has 436 valence electrons. The van der Waals surface area contributed by atoms with Crippen LogP contribution in [-0.2, 0) is 50.7 Å². The van der Waals surface area contributed by atoms with Gasteiger partial charge in [-0.2, -0.15) is 4.31 Å². The minimum Gasteiger partial charge on any atom is -0.386 e. The number of aliphatic hydroxyl groups excluding tert-OH is 2. The Balaban J connectivity index is 0.849. The van der Waals surface area contributed by atoms with Crippen molar-refractivity contribution in [3.05, 3.63) is 34.9 Å². The molecule has 1 aliphatic rings. The second-order valence-electron chi connectivity index (χ2n) is 18.9. The minimum absolute atomic E-state index is 0.0256. The number of nitrogen functional groups attached to an aromatic ring is 1. The Kier molecular flexibility index (Phi) is 24.9. The van der Waals surface area contributed by atoms with E-state index < -0.39 is 89.5 Å². The molecule has 78 heavy (non-hydrogen) atoms. The van der Waals surface area contributed by atoms with E-state index in [0.717, 1.165) is 86.9 Å². The van der Waals surface area contributed by atoms with Gasteiger partial charge < -0.3 is 56.2 Å². The van der Waals surface area contributed by atoms with Crippen molar-refractivity contribution in [2.75, 3.05) is 49.7 Å². The van der Waals surface area contributed by atoms with Crippen LogP contribution in [-0.4, -0.2) is 144 Å². The molecule has 5 rings (SSSR count). The number of aliphatic hydroxyl groups is 2. The summed E-state index contributed by atoms with van der Waals surface area (Å²) in [5, 5.41) is 48.5. The number of aromatic nitrogens is 6. The summed E-state index contributed by atoms with van der Waals surface area (Å²) in [6.07, 6.45) is 7.72. The number of ether oxygens (including phenoxy) is 1. The molecular formula is C43H68N11O20P3S. The molecule has 4 heterocycles. The summed E-state index contributed by atoms with van der Waals surface area (Å²) < 4.78 is 67.2. The lowest BCUT2D eigenvalue weighted by Gasteiger charge is -2.30. The number of amides is 2. The number of carbonyl (C=O) groups excluding carboxylic acids is 3. The Morgan fingerprint density at radius 2 is 1.47 bits per heavy atom. The molecule has 4 aromatic rings. The van der Waals surface area contributed by atoms with Crippen molar-refractivity contribution in [2.45, 2.75) is 141 Å². The summed E-state index contributed by atoms with van der Waals surface area (Å²) in [5.41, 5.74) is 5.27. The smallest absolute Gasteiger partial charge is 0.386 e. The Labute approximate surface area is 451 Å². The highest BCUT2D eigenvalue weighted by Gasteiger charge is 2.50. The van der Waals surface area contributed by atoms with Gasteiger partial charge in [0.25, 0.3) is 0 Å². The lowest BCUT2D eigenvalue weighted by atomic mass is 9.87. The normalized spacial score (nSPS) is 18.9. The summed E-state index contributed by atoms with van der Waals surface area (Å²) in [4.78, 5) is 99.3. The van der Waals surface area contributed by atoms with E-state index in [2.05, 4.69) is 50.1 Å². The van der Waals surface area contributed by atoms with Gasteiger partial charge in [0.1, 0.15) is 36.3 Å². The van der Waals surface area contributed by atoms with Crippen LogP contribution in [0.5, 0.6) is 0 Å². The molecule has 1 fully saturated rings. The Hall–Kier alpha value is -4.62. The van der Waals surface area contributed by atoms with Crippen molar-refractivity contribution in [3.63, 3.8) is 0 Å². The number of fused-ring (bicyclic) bond motifs is 2. The van der Waals surface area contributed by atoms with Crippen LogP contribution in [0.1, 0.15) is 116 Å². The van der Waals surface area contributed by atoms with Gasteiger partial charge in [0, 0.05) is 49.7 Å². The molecular weight excluding hydrogens is 1120 g/mol. The van der Waals surface area contributed by atoms with Gasteiger partial charge in [0.15, 0.2) is 28.3 Å². The summed E-state index contributed by atoms with van der Waals surface area (Å²) in [7, 11) is -16.5. The standard InChI is InChI=1S/C43H68N11O20P3S/c1-43(2,25-70-77(67,68)74-76(65,66)69-24-30-37(72-75(62,63)64)36(57)42(71-30)53-27-50-35-39(44)48-26-49-40(35)53)38(58)41(59)47-21-19-31(55)46-22-23-78-32(56)16-14-12-10-8-6-4-3-5-7-9-11-13-15-20-45-28-17-18-29(54(60)61)34-33(28)51-73-52-34/h17-18,26-27,30,36-38,42,45,57-58H,3-16,19-25H2,1-2H3,(H,46,55)(H,47,59)(H,65,66)(H,67,68)(H2,44,48,49)(H2,62,63,64)/t30-,36?,37+,38+,42-/m1/s1. The van der Waals surface area contributed by atoms with Gasteiger partial charge in [-0.15, -0.1) is 0 Å². The zero-order chi connectivity index (χ0) is 57.1. The summed E-state index contributed by atoms with van der Waals surface area (Å²) in [5.74, 6) is -1.10. The third-order valence-corrected chi connectivity index (χ3v) is 16.3. The number of hydrogen-bond donors (Lipinski definition) is 10. The van der Waals surface area contributed by atoms with Crippen LogP contribution >= 0.6 is 35.2 Å². The fraction of sp³-hybridized carbons (Fsp3) is 0.674. The zero-order valence-electron chi connectivity index (χ0n) is 42.9. The van der Waals surface area contributed by atoms with Gasteiger partial charge in [0.2, 0.25) is 17.3 Å². The molecule has 35 heteroatoms. The highest BCUT2D eigenvalue weighted by atomic mass is 32.2. The van der Waals surface area contributed by atoms with Gasteiger partial charge >= 0.3 is 29.2 Å². The monoisotopic (exact) mass is 1180 g/mol. The number of nitro benzene ring substituents is 1. The average Bonchev–Trinajstić information content (AvgIpc) is 4.16. The molecule has 7 atom stereocenters. The molecule has 31 nitrogen and oxygen atoms in total. The van der Waals surface area contributed by atoms with Gasteiger partial charge in [-0.1, -0.05) is 96.2 Å². The number of nitro groups is 1. The zero-order valence-corrected chi connectivity index (χ0v) is 46.4. The largest absolute Gasteiger partial charge is 0.481 e. The highest BCUT2D eigenvalue weighted by Crippen LogP contribution is 2.61. The number of thioether (sulfide) groups is 1. The first-order valence-corrected chi connectivity index (χ1v) is 30.6. The van der Waals surface area contributed by atoms with Gasteiger partial charge in [0.05, 0.1) is 30.2 Å². The van der Waals surface area contributed by atoms with Crippen molar-refractivity contribution < 1.29 is 90.0 Å². The van der Waals surface area contributed by atoms with E-state index in [0.29, 0.717) is 23.4 Å². The number of phosphoric acid groups is 3. The van der Waals surface area contributed by atoms with E-state index in [-0.39, 0.29) is 52.8 Å². The van der Waals surface area contributed by atoms with Crippen LogP contribution < -0.4 is 21.7 Å². The number of rotatable bonds is 37. The molecule has 0 radical (unpaired) electrons. The Morgan fingerprint density at radius 3 is 2.13 bits per heavy atom. The van der Waals surface area contributed by atoms with E-state index in [4.69, 9.17) is 24.1 Å². The SMILES string of the molecule is CC(C)(COP(=O)(O)OP(=O)(O)OC[C@H]1O[C@@H](n2cnc3c(N)ncnc32)C(O)[C@H]1OP(=O)(O)O)[C@@H](O)C(=O)NCCC(=O)NCCSC(=O)CCCCCCCCCCCCCCCNc1ccc([N+](=O)[O-])c2nonc12. The number of phosphoric ester groups is 3. The molecule has 0 spiro atoms. The van der Waals surface area contributed by atoms with Crippen molar-refractivity contribution in [1.82, 2.24) is 40.5 Å². The number of benzene rings is 1. The summed E-state index contributed by atoms with van der Waals surface area (Å²) in [6, 6.07) is 3.02. The predicted molar refractivity (Wildman–Crippen MR) is 279 cm³/mol. The molecule has 0 saturated carbocycles. The molecule has 1 aliphatic heterocycles. The maximum Gasteiger partial charge on any atom is 0.481 e. The molecule has 0 bridgehead atoms. The van der Waals surface area contributed by atoms with Crippen LogP contribution in [0.15, 0.2) is 29.4 Å². The van der Waals surface area contributed by atoms with Gasteiger partial charge in [-0.25, -0.2) is 33.3 Å². The van der Waals surface area contributed by atoms with E-state index >= 15 is 0 Å². The van der Waals surface area contributed by atoms with Crippen LogP contribution in [0.4, 0.5) is 17.2 Å². The van der Waals surface area contributed by atoms with E-state index in [1.54, 1.807) is 6.07 Å². The first kappa shape index (κ1) is 64.2. The number of imidazole rings is 1. The first-order chi connectivity index (χ1) is 36.9. The fourth-order valence-corrected chi connectivity index (χ4v) is 11.6. The highest BCUT2D eigenvalue weighted by molar-refractivity contribution is 8.13. The second-order valence-corrected chi connectivity index (χ2v) is 24.3. The maximum atomic E-state index is 12.8. The molecule has 3 aromatic heterocycles. The molecule has 11 N–H and O–H groups in total. The number of carbonyl (C=O) groups is 3. The van der Waals surface area contributed by atoms with E-state index in [1.165, 1.54) is 52.0 Å².